The molecule has 1 saturated heterocycles. The van der Waals surface area contributed by atoms with Crippen LogP contribution >= 0.6 is 11.3 Å². The molecule has 5 nitrogen and oxygen atoms in total. The highest BCUT2D eigenvalue weighted by Crippen LogP contribution is 2.46. The highest BCUT2D eigenvalue weighted by Gasteiger charge is 2.32. The van der Waals surface area contributed by atoms with E-state index in [0.29, 0.717) is 23.1 Å². The molecule has 1 aliphatic heterocycles. The highest BCUT2D eigenvalue weighted by molar-refractivity contribution is 7.15. The minimum absolute atomic E-state index is 0.0957. The molecular weight excluding hydrogens is 312 g/mol. The van der Waals surface area contributed by atoms with Gasteiger partial charge in [0, 0.05) is 13.1 Å². The molecule has 0 radical (unpaired) electrons. The van der Waals surface area contributed by atoms with Crippen molar-refractivity contribution in [2.24, 2.45) is 0 Å². The minimum Gasteiger partial charge on any atom is -0.462 e. The number of ether oxygens (including phenoxy) is 1. The zero-order chi connectivity index (χ0) is 16.2. The van der Waals surface area contributed by atoms with E-state index < -0.39 is 0 Å². The first-order chi connectivity index (χ1) is 11.2. The first-order valence-electron chi connectivity index (χ1n) is 8.55. The highest BCUT2D eigenvalue weighted by atomic mass is 32.1. The van der Waals surface area contributed by atoms with Crippen molar-refractivity contribution in [3.63, 3.8) is 0 Å². The van der Waals surface area contributed by atoms with Crippen LogP contribution in [0.25, 0.3) is 0 Å². The number of hydrogen-bond donors (Lipinski definition) is 1. The fourth-order valence-electron chi connectivity index (χ4n) is 3.02. The van der Waals surface area contributed by atoms with Gasteiger partial charge in [-0.3, -0.25) is 5.32 Å². The van der Waals surface area contributed by atoms with Crippen molar-refractivity contribution < 1.29 is 14.3 Å². The quantitative estimate of drug-likeness (QED) is 0.838. The van der Waals surface area contributed by atoms with Crippen LogP contribution in [0.5, 0.6) is 0 Å². The number of carbonyl (C=O) groups excluding carboxylic acids is 2. The summed E-state index contributed by atoms with van der Waals surface area (Å²) in [7, 11) is 0. The Hall–Kier alpha value is -1.56. The Labute approximate surface area is 141 Å². The number of urea groups is 1. The fourth-order valence-corrected chi connectivity index (χ4v) is 4.04. The molecule has 23 heavy (non-hydrogen) atoms. The van der Waals surface area contributed by atoms with Crippen LogP contribution in [-0.2, 0) is 4.74 Å². The Morgan fingerprint density at radius 1 is 1.26 bits per heavy atom. The van der Waals surface area contributed by atoms with E-state index in [9.17, 15) is 9.59 Å². The summed E-state index contributed by atoms with van der Waals surface area (Å²) in [6.45, 7) is 3.73. The van der Waals surface area contributed by atoms with E-state index in [2.05, 4.69) is 5.32 Å². The van der Waals surface area contributed by atoms with Crippen LogP contribution in [0, 0.1) is 0 Å². The first-order valence-corrected chi connectivity index (χ1v) is 9.43. The van der Waals surface area contributed by atoms with E-state index in [4.69, 9.17) is 4.74 Å². The van der Waals surface area contributed by atoms with Gasteiger partial charge in [0.25, 0.3) is 0 Å². The summed E-state index contributed by atoms with van der Waals surface area (Å²) in [5.74, 6) is 0.135. The summed E-state index contributed by atoms with van der Waals surface area (Å²) in [4.78, 5) is 26.7. The molecule has 1 aromatic rings. The van der Waals surface area contributed by atoms with Gasteiger partial charge >= 0.3 is 12.0 Å². The number of anilines is 1. The second-order valence-corrected chi connectivity index (χ2v) is 7.10. The van der Waals surface area contributed by atoms with Crippen molar-refractivity contribution in [1.82, 2.24) is 4.90 Å². The Bertz CT molecular complexity index is 572. The number of carbonyl (C=O) groups is 2. The van der Waals surface area contributed by atoms with E-state index >= 15 is 0 Å². The maximum absolute atomic E-state index is 12.5. The van der Waals surface area contributed by atoms with Gasteiger partial charge in [-0.1, -0.05) is 12.8 Å². The summed E-state index contributed by atoms with van der Waals surface area (Å²) in [5, 5.41) is 5.60. The Kier molecular flexibility index (Phi) is 5.20. The molecule has 126 valence electrons. The Morgan fingerprint density at radius 3 is 2.57 bits per heavy atom. The number of nitrogens with one attached hydrogen (secondary N) is 1. The molecular formula is C17H24N2O3S. The number of nitrogens with zero attached hydrogens (tertiary/aromatic N) is 1. The van der Waals surface area contributed by atoms with Crippen LogP contribution in [0.2, 0.25) is 0 Å². The summed E-state index contributed by atoms with van der Waals surface area (Å²) in [5.41, 5.74) is 1.61. The third-order valence-corrected chi connectivity index (χ3v) is 5.34. The van der Waals surface area contributed by atoms with Gasteiger partial charge in [-0.05, 0) is 49.5 Å². The lowest BCUT2D eigenvalue weighted by Crippen LogP contribution is -2.35. The zero-order valence-electron chi connectivity index (χ0n) is 13.6. The van der Waals surface area contributed by atoms with Gasteiger partial charge in [-0.25, -0.2) is 9.59 Å². The molecule has 1 saturated carbocycles. The largest absolute Gasteiger partial charge is 0.462 e. The van der Waals surface area contributed by atoms with Crippen LogP contribution in [0.15, 0.2) is 5.38 Å². The molecule has 2 amide bonds. The standard InChI is InChI=1S/C17H24N2O3S/c1-2-22-16(20)14-13(12-7-8-12)11-23-15(14)18-17(21)19-9-5-3-4-6-10-19/h11-12H,2-10H2,1H3,(H,18,21). The number of rotatable bonds is 4. The molecule has 0 spiro atoms. The van der Waals surface area contributed by atoms with Gasteiger partial charge < -0.3 is 9.64 Å². The molecule has 1 N–H and O–H groups in total. The summed E-state index contributed by atoms with van der Waals surface area (Å²) >= 11 is 1.44. The number of esters is 1. The van der Waals surface area contributed by atoms with Crippen LogP contribution in [-0.4, -0.2) is 36.6 Å². The molecule has 2 aliphatic rings. The molecule has 6 heteroatoms. The van der Waals surface area contributed by atoms with E-state index in [0.717, 1.165) is 44.3 Å². The maximum atomic E-state index is 12.5. The van der Waals surface area contributed by atoms with E-state index in [1.807, 2.05) is 10.3 Å². The summed E-state index contributed by atoms with van der Waals surface area (Å²) in [6.07, 6.45) is 6.70. The van der Waals surface area contributed by atoms with E-state index in [-0.39, 0.29) is 12.0 Å². The third-order valence-electron chi connectivity index (χ3n) is 4.43. The first kappa shape index (κ1) is 16.3. The van der Waals surface area contributed by atoms with Gasteiger partial charge in [-0.2, -0.15) is 0 Å². The summed E-state index contributed by atoms with van der Waals surface area (Å²) < 4.78 is 5.20. The monoisotopic (exact) mass is 336 g/mol. The summed E-state index contributed by atoms with van der Waals surface area (Å²) in [6, 6.07) is -0.0957. The molecule has 1 aliphatic carbocycles. The molecule has 0 bridgehead atoms. The van der Waals surface area contributed by atoms with Gasteiger partial charge in [-0.15, -0.1) is 11.3 Å². The van der Waals surface area contributed by atoms with Crippen LogP contribution in [0.1, 0.15) is 67.3 Å². The van der Waals surface area contributed by atoms with Crippen molar-refractivity contribution in [3.8, 4) is 0 Å². The number of amides is 2. The fraction of sp³-hybridized carbons (Fsp3) is 0.647. The number of thiophene rings is 1. The maximum Gasteiger partial charge on any atom is 0.341 e. The number of hydrogen-bond acceptors (Lipinski definition) is 4. The second-order valence-electron chi connectivity index (χ2n) is 6.22. The lowest BCUT2D eigenvalue weighted by Gasteiger charge is -2.20. The zero-order valence-corrected chi connectivity index (χ0v) is 14.4. The van der Waals surface area contributed by atoms with Gasteiger partial charge in [0.1, 0.15) is 5.00 Å². The predicted molar refractivity (Wildman–Crippen MR) is 91.3 cm³/mol. The average Bonchev–Trinajstić information content (AvgIpc) is 3.33. The van der Waals surface area contributed by atoms with Gasteiger partial charge in [0.2, 0.25) is 0 Å². The van der Waals surface area contributed by atoms with Gasteiger partial charge in [0.05, 0.1) is 12.2 Å². The van der Waals surface area contributed by atoms with Crippen LogP contribution in [0.4, 0.5) is 9.80 Å². The van der Waals surface area contributed by atoms with Crippen molar-refractivity contribution in [3.05, 3.63) is 16.5 Å². The second kappa shape index (κ2) is 7.34. The Balaban J connectivity index is 1.76. The SMILES string of the molecule is CCOC(=O)c1c(C2CC2)csc1NC(=O)N1CCCCCC1. The van der Waals surface area contributed by atoms with Crippen molar-refractivity contribution in [2.75, 3.05) is 25.0 Å². The van der Waals surface area contributed by atoms with Crippen LogP contribution < -0.4 is 5.32 Å². The normalized spacial score (nSPS) is 18.4. The van der Waals surface area contributed by atoms with Gasteiger partial charge in [0.15, 0.2) is 0 Å². The lowest BCUT2D eigenvalue weighted by atomic mass is 10.1. The smallest absolute Gasteiger partial charge is 0.341 e. The Morgan fingerprint density at radius 2 is 1.96 bits per heavy atom. The molecule has 2 heterocycles. The van der Waals surface area contributed by atoms with E-state index in [1.165, 1.54) is 24.2 Å². The minimum atomic E-state index is -0.318. The van der Waals surface area contributed by atoms with Crippen molar-refractivity contribution in [2.45, 2.75) is 51.4 Å². The third kappa shape index (κ3) is 3.86. The molecule has 0 atom stereocenters. The molecule has 2 fully saturated rings. The van der Waals surface area contributed by atoms with Crippen molar-refractivity contribution in [1.29, 1.82) is 0 Å². The van der Waals surface area contributed by atoms with Crippen molar-refractivity contribution >= 4 is 28.3 Å². The number of likely N-dealkylation sites (tertiary alicyclic amines) is 1. The molecule has 1 aromatic heterocycles. The lowest BCUT2D eigenvalue weighted by molar-refractivity contribution is 0.0527. The average molecular weight is 336 g/mol. The molecule has 0 unspecified atom stereocenters. The topological polar surface area (TPSA) is 58.6 Å². The predicted octanol–water partition coefficient (Wildman–Crippen LogP) is 4.21. The van der Waals surface area contributed by atoms with Crippen LogP contribution in [0.3, 0.4) is 0 Å². The molecule has 0 aromatic carbocycles. The molecule has 3 rings (SSSR count). The van der Waals surface area contributed by atoms with E-state index in [1.54, 1.807) is 6.92 Å².